The summed E-state index contributed by atoms with van der Waals surface area (Å²) in [6.07, 6.45) is 2.04. The Bertz CT molecular complexity index is 728. The molecule has 8 nitrogen and oxygen atoms in total. The number of nitrogens with one attached hydrogen (secondary N) is 2. The van der Waals surface area contributed by atoms with E-state index in [9.17, 15) is 9.59 Å². The van der Waals surface area contributed by atoms with Crippen LogP contribution < -0.4 is 10.6 Å². The van der Waals surface area contributed by atoms with Crippen LogP contribution in [0, 0.1) is 6.92 Å². The van der Waals surface area contributed by atoms with E-state index >= 15 is 0 Å². The van der Waals surface area contributed by atoms with Crippen LogP contribution in [0.5, 0.6) is 0 Å². The van der Waals surface area contributed by atoms with E-state index in [4.69, 9.17) is 9.94 Å². The maximum atomic E-state index is 12.1. The number of likely N-dealkylation sites (N-methyl/N-ethyl adjacent to an activating group) is 1. The molecule has 1 heterocycles. The van der Waals surface area contributed by atoms with Gasteiger partial charge in [-0.2, -0.15) is 0 Å². The van der Waals surface area contributed by atoms with Crippen LogP contribution in [0.1, 0.15) is 37.3 Å². The van der Waals surface area contributed by atoms with Gasteiger partial charge in [-0.1, -0.05) is 41.9 Å². The van der Waals surface area contributed by atoms with Gasteiger partial charge >= 0.3 is 12.0 Å². The van der Waals surface area contributed by atoms with Crippen LogP contribution in [-0.2, 0) is 9.63 Å². The molecule has 0 aromatic heterocycles. The molecule has 0 spiro atoms. The number of benzene rings is 1. The first-order valence-electron chi connectivity index (χ1n) is 9.74. The smallest absolute Gasteiger partial charge is 0.317 e. The number of nitrogens with zero attached hydrogens (tertiary/aromatic N) is 2. The summed E-state index contributed by atoms with van der Waals surface area (Å²) in [7, 11) is 0. The number of urea groups is 1. The number of hydrogen-bond acceptors (Lipinski definition) is 5. The number of hydrogen-bond donors (Lipinski definition) is 3. The van der Waals surface area contributed by atoms with Crippen molar-refractivity contribution in [3.63, 3.8) is 0 Å². The normalized spacial score (nSPS) is 23.5. The number of aliphatic carboxylic acids is 1. The molecule has 0 bridgehead atoms. The number of aryl methyl sites for hydroxylation is 1. The molecule has 2 aliphatic rings. The molecule has 0 saturated heterocycles. The van der Waals surface area contributed by atoms with E-state index in [0.717, 1.165) is 24.1 Å². The standard InChI is InChI=1S/C20H28N4O4/c1-3-24(12-19(25)26)16-8-15(9-16)22-20(27)21-11-17-10-18(23-28-17)14-6-4-13(2)5-7-14/h4-7,15-17H,3,8-12H2,1-2H3,(H,25,26)(H2,21,22,27). The summed E-state index contributed by atoms with van der Waals surface area (Å²) in [6, 6.07) is 8.20. The Labute approximate surface area is 164 Å². The van der Waals surface area contributed by atoms with Crippen LogP contribution >= 0.6 is 0 Å². The summed E-state index contributed by atoms with van der Waals surface area (Å²) in [4.78, 5) is 30.3. The van der Waals surface area contributed by atoms with Gasteiger partial charge in [-0.3, -0.25) is 9.69 Å². The average molecular weight is 388 g/mol. The van der Waals surface area contributed by atoms with Crippen molar-refractivity contribution in [1.29, 1.82) is 0 Å². The van der Waals surface area contributed by atoms with Crippen LogP contribution in [0.2, 0.25) is 0 Å². The van der Waals surface area contributed by atoms with Gasteiger partial charge in [0, 0.05) is 18.5 Å². The third-order valence-corrected chi connectivity index (χ3v) is 5.32. The van der Waals surface area contributed by atoms with Gasteiger partial charge < -0.3 is 20.6 Å². The fraction of sp³-hybridized carbons (Fsp3) is 0.550. The molecule has 1 atom stereocenters. The molecule has 28 heavy (non-hydrogen) atoms. The zero-order chi connectivity index (χ0) is 20.1. The molecule has 1 fully saturated rings. The highest BCUT2D eigenvalue weighted by atomic mass is 16.6. The first kappa shape index (κ1) is 20.1. The summed E-state index contributed by atoms with van der Waals surface area (Å²) < 4.78 is 0. The van der Waals surface area contributed by atoms with E-state index in [2.05, 4.69) is 15.8 Å². The van der Waals surface area contributed by atoms with E-state index in [1.807, 2.05) is 43.0 Å². The maximum Gasteiger partial charge on any atom is 0.317 e. The Morgan fingerprint density at radius 3 is 2.64 bits per heavy atom. The molecular weight excluding hydrogens is 360 g/mol. The van der Waals surface area contributed by atoms with E-state index in [1.165, 1.54) is 5.56 Å². The molecule has 3 N–H and O–H groups in total. The second-order valence-corrected chi connectivity index (χ2v) is 7.47. The number of rotatable bonds is 8. The van der Waals surface area contributed by atoms with Crippen molar-refractivity contribution in [2.75, 3.05) is 19.6 Å². The summed E-state index contributed by atoms with van der Waals surface area (Å²) >= 11 is 0. The van der Waals surface area contributed by atoms with Crippen LogP contribution in [0.3, 0.4) is 0 Å². The Kier molecular flexibility index (Phi) is 6.51. The number of oxime groups is 1. The Morgan fingerprint density at radius 2 is 2.00 bits per heavy atom. The third kappa shape index (κ3) is 5.22. The molecule has 1 aromatic rings. The van der Waals surface area contributed by atoms with Gasteiger partial charge in [-0.05, 0) is 31.9 Å². The van der Waals surface area contributed by atoms with Gasteiger partial charge in [0.05, 0.1) is 18.8 Å². The molecule has 1 aromatic carbocycles. The topological polar surface area (TPSA) is 103 Å². The SMILES string of the molecule is CCN(CC(=O)O)C1CC(NC(=O)NCC2CC(c3ccc(C)cc3)=NO2)C1. The van der Waals surface area contributed by atoms with Gasteiger partial charge in [-0.15, -0.1) is 0 Å². The minimum atomic E-state index is -0.820. The summed E-state index contributed by atoms with van der Waals surface area (Å²) in [5.41, 5.74) is 3.13. The molecule has 1 saturated carbocycles. The molecular formula is C20H28N4O4. The van der Waals surface area contributed by atoms with Crippen molar-refractivity contribution in [1.82, 2.24) is 15.5 Å². The summed E-state index contributed by atoms with van der Waals surface area (Å²) in [5.74, 6) is -0.820. The van der Waals surface area contributed by atoms with Gasteiger partial charge in [0.15, 0.2) is 6.10 Å². The van der Waals surface area contributed by atoms with Crippen molar-refractivity contribution >= 4 is 17.7 Å². The highest BCUT2D eigenvalue weighted by molar-refractivity contribution is 6.01. The number of carboxylic acids is 1. The van der Waals surface area contributed by atoms with Crippen molar-refractivity contribution in [2.45, 2.75) is 51.3 Å². The lowest BCUT2D eigenvalue weighted by Gasteiger charge is -2.42. The first-order chi connectivity index (χ1) is 13.4. The van der Waals surface area contributed by atoms with Crippen molar-refractivity contribution in [2.24, 2.45) is 5.16 Å². The van der Waals surface area contributed by atoms with Crippen LogP contribution in [0.4, 0.5) is 4.79 Å². The van der Waals surface area contributed by atoms with E-state index in [0.29, 0.717) is 19.5 Å². The predicted octanol–water partition coefficient (Wildman–Crippen LogP) is 1.72. The number of carboxylic acid groups (broad SMARTS) is 1. The van der Waals surface area contributed by atoms with Crippen LogP contribution in [0.15, 0.2) is 29.4 Å². The third-order valence-electron chi connectivity index (χ3n) is 5.32. The number of carbonyl (C=O) groups is 2. The van der Waals surface area contributed by atoms with Crippen LogP contribution in [0.25, 0.3) is 0 Å². The van der Waals surface area contributed by atoms with E-state index in [-0.39, 0.29) is 30.8 Å². The highest BCUT2D eigenvalue weighted by Crippen LogP contribution is 2.25. The van der Waals surface area contributed by atoms with E-state index in [1.54, 1.807) is 0 Å². The lowest BCUT2D eigenvalue weighted by molar-refractivity contribution is -0.139. The van der Waals surface area contributed by atoms with Gasteiger partial charge in [-0.25, -0.2) is 4.79 Å². The Morgan fingerprint density at radius 1 is 1.29 bits per heavy atom. The summed E-state index contributed by atoms with van der Waals surface area (Å²) in [5, 5.41) is 18.8. The molecule has 3 rings (SSSR count). The van der Waals surface area contributed by atoms with Crippen molar-refractivity contribution in [3.8, 4) is 0 Å². The Hall–Kier alpha value is -2.61. The fourth-order valence-corrected chi connectivity index (χ4v) is 3.57. The molecule has 2 amide bonds. The summed E-state index contributed by atoms with van der Waals surface area (Å²) in [6.45, 7) is 5.12. The zero-order valence-corrected chi connectivity index (χ0v) is 16.4. The molecule has 1 unspecified atom stereocenters. The molecule has 0 radical (unpaired) electrons. The van der Waals surface area contributed by atoms with Crippen molar-refractivity contribution in [3.05, 3.63) is 35.4 Å². The largest absolute Gasteiger partial charge is 0.480 e. The second kappa shape index (κ2) is 9.05. The average Bonchev–Trinajstić information content (AvgIpc) is 3.10. The van der Waals surface area contributed by atoms with Gasteiger partial charge in [0.1, 0.15) is 0 Å². The maximum absolute atomic E-state index is 12.1. The lowest BCUT2D eigenvalue weighted by Crippen LogP contribution is -2.56. The molecule has 1 aliphatic carbocycles. The van der Waals surface area contributed by atoms with E-state index < -0.39 is 5.97 Å². The fourth-order valence-electron chi connectivity index (χ4n) is 3.57. The quantitative estimate of drug-likeness (QED) is 0.629. The minimum absolute atomic E-state index is 0.0441. The number of amides is 2. The lowest BCUT2D eigenvalue weighted by atomic mass is 9.85. The Balaban J connectivity index is 1.34. The van der Waals surface area contributed by atoms with Crippen molar-refractivity contribution < 1.29 is 19.5 Å². The minimum Gasteiger partial charge on any atom is -0.480 e. The van der Waals surface area contributed by atoms with Gasteiger partial charge in [0.2, 0.25) is 0 Å². The monoisotopic (exact) mass is 388 g/mol. The predicted molar refractivity (Wildman–Crippen MR) is 105 cm³/mol. The zero-order valence-electron chi connectivity index (χ0n) is 16.4. The number of carbonyl (C=O) groups excluding carboxylic acids is 1. The van der Waals surface area contributed by atoms with Crippen LogP contribution in [-0.4, -0.2) is 65.5 Å². The molecule has 1 aliphatic heterocycles. The molecule has 8 heteroatoms. The van der Waals surface area contributed by atoms with Gasteiger partial charge in [0.25, 0.3) is 0 Å². The second-order valence-electron chi connectivity index (χ2n) is 7.47. The highest BCUT2D eigenvalue weighted by Gasteiger charge is 2.34. The first-order valence-corrected chi connectivity index (χ1v) is 9.74. The molecule has 152 valence electrons.